The minimum absolute atomic E-state index is 0.00373. The van der Waals surface area contributed by atoms with E-state index in [1.165, 1.54) is 212 Å². The van der Waals surface area contributed by atoms with E-state index in [9.17, 15) is 19.8 Å². The number of unbranched alkanes of at least 4 members (excludes halogenated alkanes) is 36. The Morgan fingerprint density at radius 1 is 0.444 bits per heavy atom. The largest absolute Gasteiger partial charge is 0.466 e. The number of hydrogen-bond donors (Lipinski definition) is 3. The highest BCUT2D eigenvalue weighted by Crippen LogP contribution is 2.16. The molecule has 0 aromatic carbocycles. The third-order valence-electron chi connectivity index (χ3n) is 12.7. The molecular weight excluding hydrogens is 779 g/mol. The summed E-state index contributed by atoms with van der Waals surface area (Å²) in [5.41, 5.74) is 0. The quantitative estimate of drug-likeness (QED) is 0.0321. The molecule has 6 heteroatoms. The third-order valence-corrected chi connectivity index (χ3v) is 12.7. The van der Waals surface area contributed by atoms with Crippen LogP contribution in [0.3, 0.4) is 0 Å². The van der Waals surface area contributed by atoms with Gasteiger partial charge in [0, 0.05) is 12.8 Å². The van der Waals surface area contributed by atoms with E-state index in [4.69, 9.17) is 4.74 Å². The Kier molecular flexibility index (Phi) is 51.1. The van der Waals surface area contributed by atoms with Gasteiger partial charge < -0.3 is 20.3 Å². The van der Waals surface area contributed by atoms with E-state index in [1.54, 1.807) is 6.08 Å². The van der Waals surface area contributed by atoms with Crippen LogP contribution < -0.4 is 5.32 Å². The number of carbonyl (C=O) groups excluding carboxylic acids is 2. The average molecular weight is 886 g/mol. The lowest BCUT2D eigenvalue weighted by molar-refractivity contribution is -0.143. The van der Waals surface area contributed by atoms with Crippen LogP contribution in [-0.4, -0.2) is 47.4 Å². The summed E-state index contributed by atoms with van der Waals surface area (Å²) in [6, 6.07) is -0.631. The number of allylic oxidation sites excluding steroid dienone is 5. The molecule has 370 valence electrons. The summed E-state index contributed by atoms with van der Waals surface area (Å²) in [5, 5.41) is 23.0. The van der Waals surface area contributed by atoms with Crippen molar-refractivity contribution in [1.82, 2.24) is 5.32 Å². The molecule has 3 N–H and O–H groups in total. The van der Waals surface area contributed by atoms with Gasteiger partial charge in [-0.15, -0.1) is 0 Å². The standard InChI is InChI=1S/C57H107NO5/c1-3-5-7-9-11-13-15-17-18-20-24-27-31-35-39-43-47-51-57(62)63-52-48-44-40-36-32-28-25-22-19-21-23-26-30-34-38-42-46-50-56(61)58-54(53-59)55(60)49-45-41-37-33-29-16-14-12-10-8-6-4-2/h11,13,17-18,45,49,54-55,59-60H,3-10,12,14-16,19-44,46-48,50-53H2,1-2H3,(H,58,61)/b13-11-,18-17-,49-45+. The summed E-state index contributed by atoms with van der Waals surface area (Å²) >= 11 is 0. The highest BCUT2D eigenvalue weighted by atomic mass is 16.5. The number of carbonyl (C=O) groups is 2. The predicted octanol–water partition coefficient (Wildman–Crippen LogP) is 16.9. The fourth-order valence-corrected chi connectivity index (χ4v) is 8.37. The van der Waals surface area contributed by atoms with Crippen molar-refractivity contribution in [3.05, 3.63) is 36.5 Å². The normalized spacial score (nSPS) is 12.9. The van der Waals surface area contributed by atoms with Crippen molar-refractivity contribution in [1.29, 1.82) is 0 Å². The van der Waals surface area contributed by atoms with Crippen molar-refractivity contribution in [2.24, 2.45) is 0 Å². The van der Waals surface area contributed by atoms with Crippen LogP contribution in [0.2, 0.25) is 0 Å². The monoisotopic (exact) mass is 886 g/mol. The van der Waals surface area contributed by atoms with Crippen molar-refractivity contribution >= 4 is 11.9 Å². The molecule has 0 fully saturated rings. The van der Waals surface area contributed by atoms with Crippen molar-refractivity contribution < 1.29 is 24.5 Å². The number of esters is 1. The highest BCUT2D eigenvalue weighted by Gasteiger charge is 2.18. The second kappa shape index (κ2) is 52.7. The molecule has 0 aliphatic carbocycles. The molecule has 0 saturated carbocycles. The Morgan fingerprint density at radius 2 is 0.794 bits per heavy atom. The lowest BCUT2D eigenvalue weighted by Gasteiger charge is -2.20. The third kappa shape index (κ3) is 49.4. The molecule has 6 nitrogen and oxygen atoms in total. The molecule has 0 bridgehead atoms. The molecule has 0 heterocycles. The molecule has 2 atom stereocenters. The molecular formula is C57H107NO5. The maximum absolute atomic E-state index is 12.4. The number of aliphatic hydroxyl groups is 2. The van der Waals surface area contributed by atoms with Crippen molar-refractivity contribution in [2.75, 3.05) is 13.2 Å². The van der Waals surface area contributed by atoms with Gasteiger partial charge in [0.25, 0.3) is 0 Å². The molecule has 0 rings (SSSR count). The van der Waals surface area contributed by atoms with Gasteiger partial charge in [0.2, 0.25) is 5.91 Å². The Morgan fingerprint density at radius 3 is 1.24 bits per heavy atom. The lowest BCUT2D eigenvalue weighted by Crippen LogP contribution is -2.45. The molecule has 0 spiro atoms. The number of amides is 1. The van der Waals surface area contributed by atoms with Crippen LogP contribution in [0.5, 0.6) is 0 Å². The zero-order valence-electron chi connectivity index (χ0n) is 42.1. The van der Waals surface area contributed by atoms with Gasteiger partial charge in [-0.05, 0) is 64.2 Å². The van der Waals surface area contributed by atoms with Crippen LogP contribution in [0.4, 0.5) is 0 Å². The molecule has 1 amide bonds. The predicted molar refractivity (Wildman–Crippen MR) is 273 cm³/mol. The van der Waals surface area contributed by atoms with Gasteiger partial charge in [0.1, 0.15) is 0 Å². The fourth-order valence-electron chi connectivity index (χ4n) is 8.37. The molecule has 0 aliphatic heterocycles. The number of rotatable bonds is 51. The molecule has 63 heavy (non-hydrogen) atoms. The smallest absolute Gasteiger partial charge is 0.305 e. The lowest BCUT2D eigenvalue weighted by atomic mass is 10.0. The van der Waals surface area contributed by atoms with Crippen molar-refractivity contribution in [2.45, 2.75) is 302 Å². The van der Waals surface area contributed by atoms with Crippen LogP contribution in [0, 0.1) is 0 Å². The van der Waals surface area contributed by atoms with E-state index in [-0.39, 0.29) is 18.5 Å². The van der Waals surface area contributed by atoms with Crippen LogP contribution in [0.25, 0.3) is 0 Å². The summed E-state index contributed by atoms with van der Waals surface area (Å²) < 4.78 is 5.48. The summed E-state index contributed by atoms with van der Waals surface area (Å²) in [7, 11) is 0. The summed E-state index contributed by atoms with van der Waals surface area (Å²) in [5.74, 6) is -0.0782. The topological polar surface area (TPSA) is 95.9 Å². The van der Waals surface area contributed by atoms with Crippen molar-refractivity contribution in [3.63, 3.8) is 0 Å². The summed E-state index contributed by atoms with van der Waals surface area (Å²) in [6.07, 6.45) is 64.4. The molecule has 0 aromatic rings. The van der Waals surface area contributed by atoms with E-state index in [0.717, 1.165) is 51.4 Å². The first-order valence-corrected chi connectivity index (χ1v) is 27.8. The minimum Gasteiger partial charge on any atom is -0.466 e. The van der Waals surface area contributed by atoms with Crippen LogP contribution in [0.15, 0.2) is 36.5 Å². The Hall–Kier alpha value is -1.92. The maximum atomic E-state index is 12.4. The Balaban J connectivity index is 3.43. The van der Waals surface area contributed by atoms with Gasteiger partial charge in [-0.25, -0.2) is 0 Å². The van der Waals surface area contributed by atoms with Gasteiger partial charge in [0.15, 0.2) is 0 Å². The van der Waals surface area contributed by atoms with Crippen LogP contribution in [0.1, 0.15) is 290 Å². The maximum Gasteiger partial charge on any atom is 0.305 e. The second-order valence-electron chi connectivity index (χ2n) is 18.9. The van der Waals surface area contributed by atoms with E-state index in [2.05, 4.69) is 43.5 Å². The SMILES string of the molecule is CCCCC/C=C\C/C=C\CCCCCCCCCC(=O)OCCCCCCCCCCCCCCCCCCCC(=O)NC(CO)C(O)/C=C/CCCCCCCCCCCC. The van der Waals surface area contributed by atoms with Gasteiger partial charge in [0.05, 0.1) is 25.4 Å². The highest BCUT2D eigenvalue weighted by molar-refractivity contribution is 5.76. The number of nitrogens with one attached hydrogen (secondary N) is 1. The van der Waals surface area contributed by atoms with Gasteiger partial charge in [-0.2, -0.15) is 0 Å². The molecule has 0 aromatic heterocycles. The molecule has 0 saturated heterocycles. The Labute approximate surface area is 392 Å². The average Bonchev–Trinajstić information content (AvgIpc) is 3.28. The first-order valence-electron chi connectivity index (χ1n) is 27.8. The van der Waals surface area contributed by atoms with Crippen LogP contribution >= 0.6 is 0 Å². The fraction of sp³-hybridized carbons (Fsp3) is 0.860. The summed E-state index contributed by atoms with van der Waals surface area (Å²) in [4.78, 5) is 24.5. The van der Waals surface area contributed by atoms with E-state index >= 15 is 0 Å². The number of hydrogen-bond acceptors (Lipinski definition) is 5. The number of aliphatic hydroxyl groups excluding tert-OH is 2. The van der Waals surface area contributed by atoms with Gasteiger partial charge in [-0.3, -0.25) is 9.59 Å². The molecule has 2 unspecified atom stereocenters. The number of ether oxygens (including phenoxy) is 1. The van der Waals surface area contributed by atoms with E-state index in [0.29, 0.717) is 19.4 Å². The molecule has 0 aliphatic rings. The van der Waals surface area contributed by atoms with Gasteiger partial charge >= 0.3 is 5.97 Å². The first kappa shape index (κ1) is 61.1. The van der Waals surface area contributed by atoms with E-state index in [1.807, 2.05) is 6.08 Å². The zero-order chi connectivity index (χ0) is 45.8. The summed E-state index contributed by atoms with van der Waals surface area (Å²) in [6.45, 7) is 4.86. The first-order chi connectivity index (χ1) is 31.0. The van der Waals surface area contributed by atoms with E-state index < -0.39 is 12.1 Å². The van der Waals surface area contributed by atoms with Crippen LogP contribution in [-0.2, 0) is 14.3 Å². The second-order valence-corrected chi connectivity index (χ2v) is 18.9. The Bertz CT molecular complexity index is 1020. The van der Waals surface area contributed by atoms with Crippen molar-refractivity contribution in [3.8, 4) is 0 Å². The minimum atomic E-state index is -0.847. The zero-order valence-corrected chi connectivity index (χ0v) is 42.1. The molecule has 0 radical (unpaired) electrons. The van der Waals surface area contributed by atoms with Gasteiger partial charge in [-0.1, -0.05) is 249 Å².